The molecule has 2 aromatic rings. The predicted octanol–water partition coefficient (Wildman–Crippen LogP) is 3.87. The van der Waals surface area contributed by atoms with Gasteiger partial charge in [0.15, 0.2) is 0 Å². The molecule has 0 radical (unpaired) electrons. The normalized spacial score (nSPS) is 18.0. The van der Waals surface area contributed by atoms with Crippen molar-refractivity contribution in [1.29, 1.82) is 0 Å². The van der Waals surface area contributed by atoms with Gasteiger partial charge in [-0.15, -0.1) is 0 Å². The molecule has 0 spiro atoms. The van der Waals surface area contributed by atoms with Gasteiger partial charge in [0, 0.05) is 30.6 Å². The lowest BCUT2D eigenvalue weighted by molar-refractivity contribution is 0.0285. The minimum atomic E-state index is -0.458. The second-order valence-corrected chi connectivity index (χ2v) is 7.22. The number of pyridine rings is 1. The van der Waals surface area contributed by atoms with Gasteiger partial charge in [-0.2, -0.15) is 0 Å². The van der Waals surface area contributed by atoms with Gasteiger partial charge in [-0.1, -0.05) is 18.2 Å². The minimum absolute atomic E-state index is 0.239. The predicted molar refractivity (Wildman–Crippen MR) is 93.2 cm³/mol. The number of fused-ring (bicyclic) bond motifs is 1. The van der Waals surface area contributed by atoms with E-state index in [0.29, 0.717) is 19.1 Å². The standard InChI is InChI=1S/C19H24N2O3/c1-19(2,3)24-18(22)21-11-9-14(12-21)13-23-16-8-4-6-15-7-5-10-20-17(15)16/h4-8,10,14H,9,11-13H2,1-3H3/t14-/m0/s1. The highest BCUT2D eigenvalue weighted by molar-refractivity contribution is 5.84. The molecule has 0 unspecified atom stereocenters. The third-order valence-corrected chi connectivity index (χ3v) is 4.01. The highest BCUT2D eigenvalue weighted by Gasteiger charge is 2.30. The van der Waals surface area contributed by atoms with Gasteiger partial charge < -0.3 is 14.4 Å². The molecule has 0 N–H and O–H groups in total. The molecular weight excluding hydrogens is 304 g/mol. The molecule has 1 aliphatic heterocycles. The van der Waals surface area contributed by atoms with E-state index in [1.807, 2.05) is 51.1 Å². The zero-order chi connectivity index (χ0) is 17.2. The number of ether oxygens (including phenoxy) is 2. The molecule has 1 atom stereocenters. The molecule has 24 heavy (non-hydrogen) atoms. The summed E-state index contributed by atoms with van der Waals surface area (Å²) in [6, 6.07) is 9.88. The Morgan fingerprint density at radius 2 is 2.08 bits per heavy atom. The first-order valence-electron chi connectivity index (χ1n) is 8.37. The zero-order valence-electron chi connectivity index (χ0n) is 14.5. The van der Waals surface area contributed by atoms with Gasteiger partial charge in [-0.3, -0.25) is 4.98 Å². The molecule has 0 aliphatic carbocycles. The van der Waals surface area contributed by atoms with Crippen molar-refractivity contribution in [3.63, 3.8) is 0 Å². The summed E-state index contributed by atoms with van der Waals surface area (Å²) in [6.07, 6.45) is 2.46. The van der Waals surface area contributed by atoms with Gasteiger partial charge >= 0.3 is 6.09 Å². The number of aromatic nitrogens is 1. The molecule has 0 bridgehead atoms. The SMILES string of the molecule is CC(C)(C)OC(=O)N1CC[C@H](COc2cccc3cccnc23)C1. The Hall–Kier alpha value is -2.30. The minimum Gasteiger partial charge on any atom is -0.491 e. The lowest BCUT2D eigenvalue weighted by Crippen LogP contribution is -2.35. The largest absolute Gasteiger partial charge is 0.491 e. The second-order valence-electron chi connectivity index (χ2n) is 7.22. The van der Waals surface area contributed by atoms with E-state index in [9.17, 15) is 4.79 Å². The van der Waals surface area contributed by atoms with Crippen molar-refractivity contribution in [3.8, 4) is 5.75 Å². The van der Waals surface area contributed by atoms with Crippen LogP contribution in [0, 0.1) is 5.92 Å². The Morgan fingerprint density at radius 3 is 2.88 bits per heavy atom. The zero-order valence-corrected chi connectivity index (χ0v) is 14.5. The van der Waals surface area contributed by atoms with E-state index >= 15 is 0 Å². The molecule has 1 aromatic heterocycles. The first kappa shape index (κ1) is 16.6. The van der Waals surface area contributed by atoms with Crippen molar-refractivity contribution in [1.82, 2.24) is 9.88 Å². The molecule has 1 aromatic carbocycles. The van der Waals surface area contributed by atoms with Crippen LogP contribution in [0.5, 0.6) is 5.75 Å². The fourth-order valence-electron chi connectivity index (χ4n) is 2.86. The highest BCUT2D eigenvalue weighted by atomic mass is 16.6. The number of para-hydroxylation sites is 1. The number of rotatable bonds is 3. The molecule has 1 aliphatic rings. The number of hydrogen-bond acceptors (Lipinski definition) is 4. The van der Waals surface area contributed by atoms with Gasteiger partial charge in [0.05, 0.1) is 6.61 Å². The van der Waals surface area contributed by atoms with Crippen LogP contribution in [0.2, 0.25) is 0 Å². The number of carbonyl (C=O) groups is 1. The molecule has 3 rings (SSSR count). The molecule has 1 amide bonds. The molecule has 5 nitrogen and oxygen atoms in total. The van der Waals surface area contributed by atoms with E-state index in [1.54, 1.807) is 11.1 Å². The van der Waals surface area contributed by atoms with Crippen molar-refractivity contribution < 1.29 is 14.3 Å². The average molecular weight is 328 g/mol. The maximum Gasteiger partial charge on any atom is 0.410 e. The van der Waals surface area contributed by atoms with E-state index in [4.69, 9.17) is 9.47 Å². The van der Waals surface area contributed by atoms with Crippen molar-refractivity contribution in [2.75, 3.05) is 19.7 Å². The molecule has 0 saturated carbocycles. The van der Waals surface area contributed by atoms with E-state index < -0.39 is 5.60 Å². The molecule has 1 saturated heterocycles. The van der Waals surface area contributed by atoms with Gasteiger partial charge in [-0.05, 0) is 39.3 Å². The van der Waals surface area contributed by atoms with E-state index in [1.165, 1.54) is 0 Å². The number of nitrogens with zero attached hydrogens (tertiary/aromatic N) is 2. The Morgan fingerprint density at radius 1 is 1.29 bits per heavy atom. The fourth-order valence-corrected chi connectivity index (χ4v) is 2.86. The van der Waals surface area contributed by atoms with Gasteiger partial charge in [-0.25, -0.2) is 4.79 Å². The van der Waals surface area contributed by atoms with Crippen molar-refractivity contribution >= 4 is 17.0 Å². The van der Waals surface area contributed by atoms with E-state index in [2.05, 4.69) is 4.98 Å². The van der Waals surface area contributed by atoms with Crippen LogP contribution in [-0.4, -0.2) is 41.3 Å². The van der Waals surface area contributed by atoms with Crippen molar-refractivity contribution in [2.45, 2.75) is 32.8 Å². The topological polar surface area (TPSA) is 51.7 Å². The highest BCUT2D eigenvalue weighted by Crippen LogP contribution is 2.25. The summed E-state index contributed by atoms with van der Waals surface area (Å²) >= 11 is 0. The third-order valence-electron chi connectivity index (χ3n) is 4.01. The number of benzene rings is 1. The summed E-state index contributed by atoms with van der Waals surface area (Å²) in [5.74, 6) is 1.11. The Bertz CT molecular complexity index is 719. The van der Waals surface area contributed by atoms with Gasteiger partial charge in [0.25, 0.3) is 0 Å². The van der Waals surface area contributed by atoms with Gasteiger partial charge in [0.1, 0.15) is 16.9 Å². The number of likely N-dealkylation sites (tertiary alicyclic amines) is 1. The average Bonchev–Trinajstić information content (AvgIpc) is 3.00. The van der Waals surface area contributed by atoms with Crippen molar-refractivity contribution in [2.24, 2.45) is 5.92 Å². The molecule has 5 heteroatoms. The van der Waals surface area contributed by atoms with E-state index in [0.717, 1.165) is 29.6 Å². The second kappa shape index (κ2) is 6.67. The summed E-state index contributed by atoms with van der Waals surface area (Å²) in [6.45, 7) is 7.62. The first-order chi connectivity index (χ1) is 11.4. The van der Waals surface area contributed by atoms with Crippen LogP contribution < -0.4 is 4.74 Å². The number of hydrogen-bond donors (Lipinski definition) is 0. The summed E-state index contributed by atoms with van der Waals surface area (Å²) < 4.78 is 11.4. The maximum absolute atomic E-state index is 12.1. The summed E-state index contributed by atoms with van der Waals surface area (Å²) in [5.41, 5.74) is 0.419. The lowest BCUT2D eigenvalue weighted by atomic mass is 10.1. The van der Waals surface area contributed by atoms with Crippen LogP contribution in [0.15, 0.2) is 36.5 Å². The van der Waals surface area contributed by atoms with Crippen molar-refractivity contribution in [3.05, 3.63) is 36.5 Å². The first-order valence-corrected chi connectivity index (χ1v) is 8.37. The third kappa shape index (κ3) is 3.96. The number of amides is 1. The monoisotopic (exact) mass is 328 g/mol. The lowest BCUT2D eigenvalue weighted by Gasteiger charge is -2.24. The quantitative estimate of drug-likeness (QED) is 0.858. The van der Waals surface area contributed by atoms with Crippen LogP contribution in [0.25, 0.3) is 10.9 Å². The van der Waals surface area contributed by atoms with Gasteiger partial charge in [0.2, 0.25) is 0 Å². The molecule has 1 fully saturated rings. The smallest absolute Gasteiger partial charge is 0.410 e. The number of carbonyl (C=O) groups excluding carboxylic acids is 1. The Labute approximate surface area is 142 Å². The molecule has 128 valence electrons. The van der Waals surface area contributed by atoms with Crippen LogP contribution in [0.1, 0.15) is 27.2 Å². The fraction of sp³-hybridized carbons (Fsp3) is 0.474. The summed E-state index contributed by atoms with van der Waals surface area (Å²) in [7, 11) is 0. The molecule has 2 heterocycles. The summed E-state index contributed by atoms with van der Waals surface area (Å²) in [5, 5.41) is 1.07. The Kier molecular flexibility index (Phi) is 4.60. The maximum atomic E-state index is 12.1. The van der Waals surface area contributed by atoms with Crippen LogP contribution in [-0.2, 0) is 4.74 Å². The summed E-state index contributed by atoms with van der Waals surface area (Å²) in [4.78, 5) is 18.3. The Balaban J connectivity index is 1.57. The van der Waals surface area contributed by atoms with E-state index in [-0.39, 0.29) is 6.09 Å². The van der Waals surface area contributed by atoms with Crippen LogP contribution >= 0.6 is 0 Å². The van der Waals surface area contributed by atoms with Crippen LogP contribution in [0.3, 0.4) is 0 Å². The van der Waals surface area contributed by atoms with Crippen LogP contribution in [0.4, 0.5) is 4.79 Å². The molecular formula is C19H24N2O3.